The second-order valence-corrected chi connectivity index (χ2v) is 6.59. The van der Waals surface area contributed by atoms with Crippen LogP contribution in [-0.2, 0) is 0 Å². The van der Waals surface area contributed by atoms with Crippen LogP contribution in [0.3, 0.4) is 0 Å². The maximum absolute atomic E-state index is 12.6. The number of amides is 2. The van der Waals surface area contributed by atoms with Crippen LogP contribution in [0.15, 0.2) is 18.3 Å². The van der Waals surface area contributed by atoms with Gasteiger partial charge in [-0.15, -0.1) is 0 Å². The van der Waals surface area contributed by atoms with Gasteiger partial charge >= 0.3 is 0 Å². The summed E-state index contributed by atoms with van der Waals surface area (Å²) in [6.45, 7) is 1.58. The van der Waals surface area contributed by atoms with Crippen molar-refractivity contribution in [3.63, 3.8) is 0 Å². The lowest BCUT2D eigenvalue weighted by Crippen LogP contribution is -2.34. The summed E-state index contributed by atoms with van der Waals surface area (Å²) in [6, 6.07) is 3.60. The third kappa shape index (κ3) is 4.09. The summed E-state index contributed by atoms with van der Waals surface area (Å²) in [5.74, 6) is -0.147. The van der Waals surface area contributed by atoms with Gasteiger partial charge in [-0.1, -0.05) is 25.7 Å². The molecule has 0 unspecified atom stereocenters. The molecule has 1 aliphatic heterocycles. The van der Waals surface area contributed by atoms with Crippen LogP contribution in [-0.4, -0.2) is 40.8 Å². The lowest BCUT2D eigenvalue weighted by molar-refractivity contribution is 0.0755. The van der Waals surface area contributed by atoms with Gasteiger partial charge in [-0.05, 0) is 37.8 Å². The van der Waals surface area contributed by atoms with E-state index >= 15 is 0 Å². The highest BCUT2D eigenvalue weighted by Crippen LogP contribution is 2.18. The van der Waals surface area contributed by atoms with Crippen LogP contribution in [0.5, 0.6) is 0 Å². The molecule has 5 nitrogen and oxygen atoms in total. The Bertz CT molecular complexity index is 559. The smallest absolute Gasteiger partial charge is 0.272 e. The Kier molecular flexibility index (Phi) is 5.26. The van der Waals surface area contributed by atoms with Gasteiger partial charge in [0.1, 0.15) is 5.69 Å². The zero-order valence-electron chi connectivity index (χ0n) is 13.6. The molecule has 2 heterocycles. The molecule has 0 atom stereocenters. The largest absolute Gasteiger partial charge is 0.349 e. The minimum absolute atomic E-state index is 0.0533. The number of nitrogens with zero attached hydrogens (tertiary/aromatic N) is 2. The van der Waals surface area contributed by atoms with E-state index in [4.69, 9.17) is 0 Å². The Balaban J connectivity index is 1.68. The molecule has 0 spiro atoms. The maximum atomic E-state index is 12.6. The summed E-state index contributed by atoms with van der Waals surface area (Å²) in [6.07, 6.45) is 10.5. The molecule has 1 saturated carbocycles. The average Bonchev–Trinajstić information content (AvgIpc) is 2.94. The molecule has 23 heavy (non-hydrogen) atoms. The Morgan fingerprint density at radius 3 is 2.43 bits per heavy atom. The molecule has 0 aromatic carbocycles. The van der Waals surface area contributed by atoms with E-state index < -0.39 is 0 Å². The predicted molar refractivity (Wildman–Crippen MR) is 88.3 cm³/mol. The lowest BCUT2D eigenvalue weighted by atomic mass is 10.1. The molecule has 124 valence electrons. The van der Waals surface area contributed by atoms with Gasteiger partial charge in [0.15, 0.2) is 0 Å². The van der Waals surface area contributed by atoms with Crippen molar-refractivity contribution in [3.05, 3.63) is 29.6 Å². The van der Waals surface area contributed by atoms with Crippen LogP contribution in [0.4, 0.5) is 0 Å². The first kappa shape index (κ1) is 16.0. The van der Waals surface area contributed by atoms with E-state index in [2.05, 4.69) is 10.3 Å². The van der Waals surface area contributed by atoms with Crippen LogP contribution >= 0.6 is 0 Å². The topological polar surface area (TPSA) is 62.3 Å². The van der Waals surface area contributed by atoms with Crippen molar-refractivity contribution in [1.29, 1.82) is 0 Å². The van der Waals surface area contributed by atoms with E-state index in [0.29, 0.717) is 11.3 Å². The monoisotopic (exact) mass is 315 g/mol. The van der Waals surface area contributed by atoms with Gasteiger partial charge in [0.05, 0.1) is 0 Å². The average molecular weight is 315 g/mol. The van der Waals surface area contributed by atoms with Crippen LogP contribution < -0.4 is 5.32 Å². The standard InChI is InChI=1S/C18H25N3O2/c22-17(20-15-7-3-4-8-15)14-9-10-19-16(13-14)18(23)21-11-5-1-2-6-12-21/h9-10,13,15H,1-8,11-12H2,(H,20,22). The SMILES string of the molecule is O=C(NC1CCCC1)c1ccnc(C(=O)N2CCCCCC2)c1. The predicted octanol–water partition coefficient (Wildman–Crippen LogP) is 2.77. The number of pyridine rings is 1. The molecule has 5 heteroatoms. The fraction of sp³-hybridized carbons (Fsp3) is 0.611. The highest BCUT2D eigenvalue weighted by Gasteiger charge is 2.21. The third-order valence-electron chi connectivity index (χ3n) is 4.82. The number of rotatable bonds is 3. The van der Waals surface area contributed by atoms with E-state index in [1.54, 1.807) is 18.3 Å². The number of likely N-dealkylation sites (tertiary alicyclic amines) is 1. The summed E-state index contributed by atoms with van der Waals surface area (Å²) >= 11 is 0. The highest BCUT2D eigenvalue weighted by molar-refractivity contribution is 5.98. The minimum Gasteiger partial charge on any atom is -0.349 e. The van der Waals surface area contributed by atoms with Crippen molar-refractivity contribution in [3.8, 4) is 0 Å². The number of carbonyl (C=O) groups is 2. The molecule has 2 aliphatic rings. The molecule has 1 aliphatic carbocycles. The summed E-state index contributed by atoms with van der Waals surface area (Å²) < 4.78 is 0. The van der Waals surface area contributed by atoms with Gasteiger partial charge in [-0.2, -0.15) is 0 Å². The van der Waals surface area contributed by atoms with Crippen LogP contribution in [0, 0.1) is 0 Å². The molecule has 0 bridgehead atoms. The highest BCUT2D eigenvalue weighted by atomic mass is 16.2. The van der Waals surface area contributed by atoms with E-state index in [9.17, 15) is 9.59 Å². The van der Waals surface area contributed by atoms with Gasteiger partial charge < -0.3 is 10.2 Å². The number of nitrogens with one attached hydrogen (secondary N) is 1. The van der Waals surface area contributed by atoms with Crippen molar-refractivity contribution in [2.24, 2.45) is 0 Å². The van der Waals surface area contributed by atoms with Crippen molar-refractivity contribution in [2.75, 3.05) is 13.1 Å². The molecule has 1 aromatic heterocycles. The molecule has 3 rings (SSSR count). The minimum atomic E-state index is -0.0933. The van der Waals surface area contributed by atoms with Crippen molar-refractivity contribution in [1.82, 2.24) is 15.2 Å². The quantitative estimate of drug-likeness (QED) is 0.933. The van der Waals surface area contributed by atoms with Gasteiger partial charge in [-0.25, -0.2) is 0 Å². The van der Waals surface area contributed by atoms with E-state index in [1.807, 2.05) is 4.90 Å². The summed E-state index contributed by atoms with van der Waals surface area (Å²) in [4.78, 5) is 31.0. The van der Waals surface area contributed by atoms with E-state index in [0.717, 1.165) is 38.8 Å². The van der Waals surface area contributed by atoms with Gasteiger partial charge in [-0.3, -0.25) is 14.6 Å². The Hall–Kier alpha value is -1.91. The molecule has 0 radical (unpaired) electrons. The van der Waals surface area contributed by atoms with Gasteiger partial charge in [0, 0.05) is 30.9 Å². The lowest BCUT2D eigenvalue weighted by Gasteiger charge is -2.20. The van der Waals surface area contributed by atoms with Crippen molar-refractivity contribution < 1.29 is 9.59 Å². The maximum Gasteiger partial charge on any atom is 0.272 e. The first-order valence-electron chi connectivity index (χ1n) is 8.80. The van der Waals surface area contributed by atoms with Crippen LogP contribution in [0.25, 0.3) is 0 Å². The fourth-order valence-electron chi connectivity index (χ4n) is 3.46. The summed E-state index contributed by atoms with van der Waals surface area (Å²) in [7, 11) is 0. The third-order valence-corrected chi connectivity index (χ3v) is 4.82. The molecular weight excluding hydrogens is 290 g/mol. The van der Waals surface area contributed by atoms with Crippen LogP contribution in [0.1, 0.15) is 72.2 Å². The normalized spacial score (nSPS) is 19.4. The number of aromatic nitrogens is 1. The van der Waals surface area contributed by atoms with Gasteiger partial charge in [0.2, 0.25) is 0 Å². The van der Waals surface area contributed by atoms with Crippen molar-refractivity contribution >= 4 is 11.8 Å². The zero-order valence-corrected chi connectivity index (χ0v) is 13.6. The molecule has 1 saturated heterocycles. The van der Waals surface area contributed by atoms with Crippen molar-refractivity contribution in [2.45, 2.75) is 57.4 Å². The molecule has 2 fully saturated rings. The summed E-state index contributed by atoms with van der Waals surface area (Å²) in [5.41, 5.74) is 0.913. The molecule has 1 N–H and O–H groups in total. The Morgan fingerprint density at radius 2 is 1.74 bits per heavy atom. The first-order chi connectivity index (χ1) is 11.2. The van der Waals surface area contributed by atoms with Crippen LogP contribution in [0.2, 0.25) is 0 Å². The zero-order chi connectivity index (χ0) is 16.1. The van der Waals surface area contributed by atoms with E-state index in [-0.39, 0.29) is 17.9 Å². The van der Waals surface area contributed by atoms with Gasteiger partial charge in [0.25, 0.3) is 11.8 Å². The second kappa shape index (κ2) is 7.57. The fourth-order valence-corrected chi connectivity index (χ4v) is 3.46. The molecule has 1 aromatic rings. The number of carbonyl (C=O) groups excluding carboxylic acids is 2. The molecular formula is C18H25N3O2. The Morgan fingerprint density at radius 1 is 1.04 bits per heavy atom. The number of hydrogen-bond donors (Lipinski definition) is 1. The molecule has 2 amide bonds. The summed E-state index contributed by atoms with van der Waals surface area (Å²) in [5, 5.41) is 3.06. The first-order valence-corrected chi connectivity index (χ1v) is 8.80. The Labute approximate surface area is 137 Å². The van der Waals surface area contributed by atoms with E-state index in [1.165, 1.54) is 25.7 Å². The number of hydrogen-bond acceptors (Lipinski definition) is 3. The second-order valence-electron chi connectivity index (χ2n) is 6.59.